The van der Waals surface area contributed by atoms with Gasteiger partial charge in [0.2, 0.25) is 0 Å². The first-order valence-corrected chi connectivity index (χ1v) is 5.18. The second-order valence-electron chi connectivity index (χ2n) is 4.37. The molecule has 0 aromatic rings. The van der Waals surface area contributed by atoms with Gasteiger partial charge < -0.3 is 5.11 Å². The predicted octanol–water partition coefficient (Wildman–Crippen LogP) is 1.74. The van der Waals surface area contributed by atoms with Crippen molar-refractivity contribution >= 4 is 0 Å². The molecule has 1 aliphatic heterocycles. The highest BCUT2D eigenvalue weighted by atomic mass is 19.3. The third kappa shape index (κ3) is 2.42. The van der Waals surface area contributed by atoms with Crippen LogP contribution in [0.5, 0.6) is 0 Å². The number of nitrogens with zero attached hydrogens (tertiary/aromatic N) is 1. The van der Waals surface area contributed by atoms with E-state index in [1.165, 1.54) is 0 Å². The van der Waals surface area contributed by atoms with Gasteiger partial charge in [-0.25, -0.2) is 8.78 Å². The van der Waals surface area contributed by atoms with Gasteiger partial charge in [-0.3, -0.25) is 4.90 Å². The lowest BCUT2D eigenvalue weighted by molar-refractivity contribution is -0.113. The van der Waals surface area contributed by atoms with Gasteiger partial charge in [-0.2, -0.15) is 0 Å². The van der Waals surface area contributed by atoms with E-state index in [2.05, 4.69) is 13.8 Å². The lowest BCUT2D eigenvalue weighted by Crippen LogP contribution is -2.58. The molecule has 0 aromatic carbocycles. The molecule has 0 atom stereocenters. The molecule has 1 fully saturated rings. The highest BCUT2D eigenvalue weighted by Gasteiger charge is 2.43. The zero-order valence-electron chi connectivity index (χ0n) is 8.89. The molecule has 1 rings (SSSR count). The number of aliphatic hydroxyl groups is 1. The summed E-state index contributed by atoms with van der Waals surface area (Å²) >= 11 is 0. The number of hydrogen-bond acceptors (Lipinski definition) is 2. The van der Waals surface area contributed by atoms with Crippen LogP contribution < -0.4 is 0 Å². The van der Waals surface area contributed by atoms with Crippen LogP contribution in [0.1, 0.15) is 26.7 Å². The van der Waals surface area contributed by atoms with E-state index < -0.39 is 12.5 Å². The lowest BCUT2D eigenvalue weighted by Gasteiger charge is -2.50. The van der Waals surface area contributed by atoms with Crippen molar-refractivity contribution in [2.24, 2.45) is 5.41 Å². The Morgan fingerprint density at radius 1 is 1.29 bits per heavy atom. The topological polar surface area (TPSA) is 23.5 Å². The average molecular weight is 207 g/mol. The van der Waals surface area contributed by atoms with Gasteiger partial charge in [0.25, 0.3) is 5.92 Å². The Morgan fingerprint density at radius 2 is 1.79 bits per heavy atom. The molecule has 1 aliphatic rings. The van der Waals surface area contributed by atoms with Crippen molar-refractivity contribution < 1.29 is 13.9 Å². The van der Waals surface area contributed by atoms with Gasteiger partial charge in [-0.05, 0) is 18.3 Å². The molecular weight excluding hydrogens is 188 g/mol. The fourth-order valence-corrected chi connectivity index (χ4v) is 2.09. The summed E-state index contributed by atoms with van der Waals surface area (Å²) in [6.45, 7) is 4.35. The number of likely N-dealkylation sites (tertiary alicyclic amines) is 1. The van der Waals surface area contributed by atoms with Gasteiger partial charge in [0.1, 0.15) is 6.61 Å². The molecule has 0 saturated carbocycles. The quantitative estimate of drug-likeness (QED) is 0.742. The summed E-state index contributed by atoms with van der Waals surface area (Å²) in [7, 11) is 0. The Kier molecular flexibility index (Phi) is 3.48. The maximum atomic E-state index is 12.8. The standard InChI is InChI=1S/C10H19F2NO/c1-3-9(4-2)5-13(6-9)7-10(11,12)8-14/h14H,3-8H2,1-2H3. The van der Waals surface area contributed by atoms with Gasteiger partial charge >= 0.3 is 0 Å². The Hall–Kier alpha value is -0.220. The fourth-order valence-electron chi connectivity index (χ4n) is 2.09. The first-order valence-electron chi connectivity index (χ1n) is 5.18. The average Bonchev–Trinajstić information content (AvgIpc) is 2.11. The summed E-state index contributed by atoms with van der Waals surface area (Å²) in [5.74, 6) is -2.94. The lowest BCUT2D eigenvalue weighted by atomic mass is 9.75. The Labute approximate surface area is 83.9 Å². The molecule has 4 heteroatoms. The van der Waals surface area contributed by atoms with E-state index in [-0.39, 0.29) is 12.0 Å². The Balaban J connectivity index is 2.34. The van der Waals surface area contributed by atoms with E-state index in [1.807, 2.05) is 0 Å². The summed E-state index contributed by atoms with van der Waals surface area (Å²) in [6.07, 6.45) is 2.09. The Morgan fingerprint density at radius 3 is 2.14 bits per heavy atom. The molecule has 0 aromatic heterocycles. The highest BCUT2D eigenvalue weighted by Crippen LogP contribution is 2.37. The minimum atomic E-state index is -2.94. The van der Waals surface area contributed by atoms with Crippen LogP contribution in [0.25, 0.3) is 0 Å². The monoisotopic (exact) mass is 207 g/mol. The minimum absolute atomic E-state index is 0.255. The highest BCUT2D eigenvalue weighted by molar-refractivity contribution is 4.94. The predicted molar refractivity (Wildman–Crippen MR) is 51.5 cm³/mol. The molecule has 14 heavy (non-hydrogen) atoms. The smallest absolute Gasteiger partial charge is 0.283 e. The molecule has 2 nitrogen and oxygen atoms in total. The normalized spacial score (nSPS) is 22.1. The van der Waals surface area contributed by atoms with Crippen molar-refractivity contribution in [2.75, 3.05) is 26.2 Å². The summed E-state index contributed by atoms with van der Waals surface area (Å²) in [4.78, 5) is 1.73. The second-order valence-corrected chi connectivity index (χ2v) is 4.37. The molecule has 0 amide bonds. The molecule has 1 saturated heterocycles. The van der Waals surface area contributed by atoms with Gasteiger partial charge in [0.05, 0.1) is 6.54 Å². The molecular formula is C10H19F2NO. The van der Waals surface area contributed by atoms with Crippen LogP contribution in [-0.2, 0) is 0 Å². The van der Waals surface area contributed by atoms with Crippen molar-refractivity contribution in [1.29, 1.82) is 0 Å². The minimum Gasteiger partial charge on any atom is -0.390 e. The van der Waals surface area contributed by atoms with Crippen LogP contribution in [0.2, 0.25) is 0 Å². The number of halogens is 2. The SMILES string of the molecule is CCC1(CC)CN(CC(F)(F)CO)C1. The third-order valence-corrected chi connectivity index (χ3v) is 3.30. The fraction of sp³-hybridized carbons (Fsp3) is 1.00. The van der Waals surface area contributed by atoms with Crippen LogP contribution in [0.3, 0.4) is 0 Å². The zero-order chi connectivity index (χ0) is 10.8. The molecule has 1 heterocycles. The van der Waals surface area contributed by atoms with Crippen molar-refractivity contribution in [1.82, 2.24) is 4.90 Å². The van der Waals surface area contributed by atoms with Crippen molar-refractivity contribution in [3.63, 3.8) is 0 Å². The van der Waals surface area contributed by atoms with Crippen LogP contribution in [0, 0.1) is 5.41 Å². The molecule has 0 unspecified atom stereocenters. The third-order valence-electron chi connectivity index (χ3n) is 3.30. The van der Waals surface area contributed by atoms with E-state index >= 15 is 0 Å². The molecule has 0 spiro atoms. The zero-order valence-corrected chi connectivity index (χ0v) is 8.89. The summed E-state index contributed by atoms with van der Waals surface area (Å²) in [6, 6.07) is 0. The van der Waals surface area contributed by atoms with Crippen LogP contribution in [-0.4, -0.2) is 42.2 Å². The molecule has 0 aliphatic carbocycles. The van der Waals surface area contributed by atoms with Gasteiger partial charge in [-0.1, -0.05) is 13.8 Å². The van der Waals surface area contributed by atoms with Crippen LogP contribution in [0.15, 0.2) is 0 Å². The maximum Gasteiger partial charge on any atom is 0.283 e. The Bertz CT molecular complexity index is 185. The molecule has 1 N–H and O–H groups in total. The number of aliphatic hydroxyl groups excluding tert-OH is 1. The maximum absolute atomic E-state index is 12.8. The van der Waals surface area contributed by atoms with Crippen LogP contribution >= 0.6 is 0 Å². The van der Waals surface area contributed by atoms with Gasteiger partial charge in [-0.15, -0.1) is 0 Å². The molecule has 0 radical (unpaired) electrons. The van der Waals surface area contributed by atoms with Gasteiger partial charge in [0.15, 0.2) is 0 Å². The number of rotatable bonds is 5. The summed E-state index contributed by atoms with van der Waals surface area (Å²) < 4.78 is 25.6. The van der Waals surface area contributed by atoms with E-state index in [9.17, 15) is 8.78 Å². The van der Waals surface area contributed by atoms with E-state index in [1.54, 1.807) is 4.90 Å². The summed E-state index contributed by atoms with van der Waals surface area (Å²) in [5.41, 5.74) is 0.255. The molecule has 84 valence electrons. The van der Waals surface area contributed by atoms with E-state index in [0.717, 1.165) is 25.9 Å². The van der Waals surface area contributed by atoms with E-state index in [0.29, 0.717) is 0 Å². The van der Waals surface area contributed by atoms with Crippen molar-refractivity contribution in [3.05, 3.63) is 0 Å². The van der Waals surface area contributed by atoms with Crippen molar-refractivity contribution in [2.45, 2.75) is 32.6 Å². The van der Waals surface area contributed by atoms with Crippen molar-refractivity contribution in [3.8, 4) is 0 Å². The number of alkyl halides is 2. The largest absolute Gasteiger partial charge is 0.390 e. The first-order chi connectivity index (χ1) is 6.47. The summed E-state index contributed by atoms with van der Waals surface area (Å²) in [5, 5.41) is 8.43. The van der Waals surface area contributed by atoms with Gasteiger partial charge in [0, 0.05) is 13.1 Å². The van der Waals surface area contributed by atoms with E-state index in [4.69, 9.17) is 5.11 Å². The molecule has 0 bridgehead atoms. The second kappa shape index (κ2) is 4.11. The van der Waals surface area contributed by atoms with Crippen LogP contribution in [0.4, 0.5) is 8.78 Å². The first kappa shape index (κ1) is 11.9. The number of hydrogen-bond donors (Lipinski definition) is 1.